The Morgan fingerprint density at radius 2 is 1.64 bits per heavy atom. The molecule has 5 heteroatoms. The minimum absolute atomic E-state index is 0.0597. The van der Waals surface area contributed by atoms with Gasteiger partial charge in [0, 0.05) is 0 Å². The Labute approximate surface area is 77.4 Å². The van der Waals surface area contributed by atoms with Crippen LogP contribution in [0.4, 0.5) is 22.0 Å². The maximum Gasteiger partial charge on any atom is 0.419 e. The number of hydrogen-bond donors (Lipinski definition) is 0. The van der Waals surface area contributed by atoms with Crippen LogP contribution < -0.4 is 0 Å². The SMILES string of the molecule is CCc1ccc(C(F)(F)F)c(F)c1F. The molecule has 0 heterocycles. The highest BCUT2D eigenvalue weighted by Gasteiger charge is 2.35. The van der Waals surface area contributed by atoms with E-state index < -0.39 is 23.4 Å². The molecule has 0 bridgehead atoms. The number of halogens is 5. The maximum absolute atomic E-state index is 12.9. The van der Waals surface area contributed by atoms with E-state index in [4.69, 9.17) is 0 Å². The molecular weight excluding hydrogens is 203 g/mol. The lowest BCUT2D eigenvalue weighted by atomic mass is 10.1. The van der Waals surface area contributed by atoms with Crippen molar-refractivity contribution in [3.8, 4) is 0 Å². The normalized spacial score (nSPS) is 11.9. The van der Waals surface area contributed by atoms with Gasteiger partial charge in [-0.05, 0) is 18.1 Å². The zero-order valence-electron chi connectivity index (χ0n) is 7.25. The van der Waals surface area contributed by atoms with Crippen LogP contribution in [0.2, 0.25) is 0 Å². The first-order valence-corrected chi connectivity index (χ1v) is 3.92. The summed E-state index contributed by atoms with van der Waals surface area (Å²) < 4.78 is 61.9. The summed E-state index contributed by atoms with van der Waals surface area (Å²) >= 11 is 0. The van der Waals surface area contributed by atoms with Crippen LogP contribution >= 0.6 is 0 Å². The van der Waals surface area contributed by atoms with Gasteiger partial charge in [-0.3, -0.25) is 0 Å². The third-order valence-corrected chi connectivity index (χ3v) is 1.85. The van der Waals surface area contributed by atoms with Crippen molar-refractivity contribution in [1.82, 2.24) is 0 Å². The van der Waals surface area contributed by atoms with Crippen molar-refractivity contribution in [3.63, 3.8) is 0 Å². The molecule has 1 aromatic rings. The molecule has 0 aliphatic rings. The smallest absolute Gasteiger partial charge is 0.203 e. The van der Waals surface area contributed by atoms with Gasteiger partial charge in [0.2, 0.25) is 0 Å². The minimum Gasteiger partial charge on any atom is -0.203 e. The highest BCUT2D eigenvalue weighted by Crippen LogP contribution is 2.32. The van der Waals surface area contributed by atoms with Crippen LogP contribution in [0.1, 0.15) is 18.1 Å². The summed E-state index contributed by atoms with van der Waals surface area (Å²) in [6.45, 7) is 1.53. The van der Waals surface area contributed by atoms with Gasteiger partial charge in [-0.15, -0.1) is 0 Å². The number of aryl methyl sites for hydroxylation is 1. The van der Waals surface area contributed by atoms with E-state index in [-0.39, 0.29) is 12.0 Å². The first-order valence-electron chi connectivity index (χ1n) is 3.92. The van der Waals surface area contributed by atoms with Crippen LogP contribution in [0, 0.1) is 11.6 Å². The first-order chi connectivity index (χ1) is 6.38. The summed E-state index contributed by atoms with van der Waals surface area (Å²) in [4.78, 5) is 0. The van der Waals surface area contributed by atoms with Crippen molar-refractivity contribution in [2.45, 2.75) is 19.5 Å². The zero-order valence-corrected chi connectivity index (χ0v) is 7.25. The lowest BCUT2D eigenvalue weighted by Crippen LogP contribution is -2.10. The van der Waals surface area contributed by atoms with Crippen LogP contribution in [0.3, 0.4) is 0 Å². The van der Waals surface area contributed by atoms with Gasteiger partial charge in [-0.2, -0.15) is 13.2 Å². The summed E-state index contributed by atoms with van der Waals surface area (Å²) in [5.74, 6) is -3.24. The van der Waals surface area contributed by atoms with E-state index in [2.05, 4.69) is 0 Å². The van der Waals surface area contributed by atoms with Crippen LogP contribution in [-0.4, -0.2) is 0 Å². The third-order valence-electron chi connectivity index (χ3n) is 1.85. The third kappa shape index (κ3) is 1.86. The molecule has 0 saturated heterocycles. The second-order valence-electron chi connectivity index (χ2n) is 2.75. The molecule has 0 saturated carbocycles. The molecular formula is C9H7F5. The van der Waals surface area contributed by atoms with E-state index in [1.54, 1.807) is 0 Å². The summed E-state index contributed by atoms with van der Waals surface area (Å²) in [5, 5.41) is 0. The molecule has 0 aromatic heterocycles. The molecule has 1 aromatic carbocycles. The highest BCUT2D eigenvalue weighted by atomic mass is 19.4. The Morgan fingerprint density at radius 3 is 2.07 bits per heavy atom. The summed E-state index contributed by atoms with van der Waals surface area (Å²) in [7, 11) is 0. The molecule has 0 atom stereocenters. The van der Waals surface area contributed by atoms with Gasteiger partial charge >= 0.3 is 6.18 Å². The van der Waals surface area contributed by atoms with Crippen LogP contribution in [0.5, 0.6) is 0 Å². The van der Waals surface area contributed by atoms with Gasteiger partial charge in [0.05, 0.1) is 5.56 Å². The second-order valence-corrected chi connectivity index (χ2v) is 2.75. The summed E-state index contributed by atoms with van der Waals surface area (Å²) in [6.07, 6.45) is -4.70. The predicted molar refractivity (Wildman–Crippen MR) is 40.7 cm³/mol. The molecule has 0 N–H and O–H groups in total. The minimum atomic E-state index is -4.85. The predicted octanol–water partition coefficient (Wildman–Crippen LogP) is 3.55. The van der Waals surface area contributed by atoms with Crippen molar-refractivity contribution in [3.05, 3.63) is 34.9 Å². The molecule has 0 nitrogen and oxygen atoms in total. The number of benzene rings is 1. The van der Waals surface area contributed by atoms with Crippen LogP contribution in [-0.2, 0) is 12.6 Å². The Hall–Kier alpha value is -1.13. The number of rotatable bonds is 1. The Balaban J connectivity index is 3.31. The van der Waals surface area contributed by atoms with E-state index in [0.717, 1.165) is 6.07 Å². The molecule has 1 rings (SSSR count). The number of alkyl halides is 3. The Morgan fingerprint density at radius 1 is 1.07 bits per heavy atom. The van der Waals surface area contributed by atoms with Crippen LogP contribution in [0.15, 0.2) is 12.1 Å². The highest BCUT2D eigenvalue weighted by molar-refractivity contribution is 5.28. The Bertz CT molecular complexity index is 340. The van der Waals surface area contributed by atoms with Crippen molar-refractivity contribution in [2.24, 2.45) is 0 Å². The molecule has 0 fully saturated rings. The van der Waals surface area contributed by atoms with Gasteiger partial charge in [-0.25, -0.2) is 8.78 Å². The van der Waals surface area contributed by atoms with Gasteiger partial charge in [0.15, 0.2) is 11.6 Å². The van der Waals surface area contributed by atoms with Gasteiger partial charge in [-0.1, -0.05) is 13.0 Å². The Kier molecular flexibility index (Phi) is 2.78. The number of hydrogen-bond acceptors (Lipinski definition) is 0. The summed E-state index contributed by atoms with van der Waals surface area (Å²) in [5.41, 5.74) is -1.62. The molecule has 0 aliphatic carbocycles. The second kappa shape index (κ2) is 3.55. The maximum atomic E-state index is 12.9. The topological polar surface area (TPSA) is 0 Å². The first kappa shape index (κ1) is 10.9. The standard InChI is InChI=1S/C9H7F5/c1-2-5-3-4-6(9(12,13)14)8(11)7(5)10/h3-4H,2H2,1H3. The van der Waals surface area contributed by atoms with Crippen molar-refractivity contribution in [1.29, 1.82) is 0 Å². The molecule has 14 heavy (non-hydrogen) atoms. The quantitative estimate of drug-likeness (QED) is 0.622. The largest absolute Gasteiger partial charge is 0.419 e. The summed E-state index contributed by atoms with van der Waals surface area (Å²) in [6, 6.07) is 1.50. The van der Waals surface area contributed by atoms with E-state index in [0.29, 0.717) is 6.07 Å². The van der Waals surface area contributed by atoms with E-state index >= 15 is 0 Å². The van der Waals surface area contributed by atoms with E-state index in [1.807, 2.05) is 0 Å². The average Bonchev–Trinajstić information content (AvgIpc) is 2.07. The fourth-order valence-electron chi connectivity index (χ4n) is 1.08. The zero-order chi connectivity index (χ0) is 10.9. The fraction of sp³-hybridized carbons (Fsp3) is 0.333. The van der Waals surface area contributed by atoms with E-state index in [9.17, 15) is 22.0 Å². The fourth-order valence-corrected chi connectivity index (χ4v) is 1.08. The van der Waals surface area contributed by atoms with Crippen molar-refractivity contribution in [2.75, 3.05) is 0 Å². The molecule has 0 amide bonds. The van der Waals surface area contributed by atoms with E-state index in [1.165, 1.54) is 6.92 Å². The molecule has 0 radical (unpaired) electrons. The lowest BCUT2D eigenvalue weighted by molar-refractivity contribution is -0.140. The monoisotopic (exact) mass is 210 g/mol. The lowest BCUT2D eigenvalue weighted by Gasteiger charge is -2.09. The van der Waals surface area contributed by atoms with Crippen LogP contribution in [0.25, 0.3) is 0 Å². The van der Waals surface area contributed by atoms with Gasteiger partial charge < -0.3 is 0 Å². The van der Waals surface area contributed by atoms with Crippen molar-refractivity contribution < 1.29 is 22.0 Å². The molecule has 0 aliphatic heterocycles. The average molecular weight is 210 g/mol. The van der Waals surface area contributed by atoms with Gasteiger partial charge in [0.1, 0.15) is 0 Å². The van der Waals surface area contributed by atoms with Crippen molar-refractivity contribution >= 4 is 0 Å². The molecule has 78 valence electrons. The molecule has 0 spiro atoms. The molecule has 0 unspecified atom stereocenters. The van der Waals surface area contributed by atoms with Gasteiger partial charge in [0.25, 0.3) is 0 Å².